The number of hydrogen-bond acceptors (Lipinski definition) is 1. The zero-order valence-corrected chi connectivity index (χ0v) is 8.70. The van der Waals surface area contributed by atoms with E-state index in [1.54, 1.807) is 0 Å². The van der Waals surface area contributed by atoms with Crippen LogP contribution < -0.4 is 5.32 Å². The Bertz CT molecular complexity index is 276. The lowest BCUT2D eigenvalue weighted by Gasteiger charge is -2.08. The smallest absolute Gasteiger partial charge is 0.161 e. The van der Waals surface area contributed by atoms with Crippen LogP contribution in [0.2, 0.25) is 0 Å². The van der Waals surface area contributed by atoms with E-state index in [9.17, 15) is 17.6 Å². The van der Waals surface area contributed by atoms with Gasteiger partial charge in [-0.1, -0.05) is 13.8 Å². The maximum absolute atomic E-state index is 12.0. The van der Waals surface area contributed by atoms with Crippen molar-refractivity contribution in [2.24, 2.45) is 0 Å². The topological polar surface area (TPSA) is 12.0 Å². The van der Waals surface area contributed by atoms with Crippen LogP contribution in [0.25, 0.3) is 0 Å². The minimum Gasteiger partial charge on any atom is -0.317 e. The second-order valence-electron chi connectivity index (χ2n) is 3.49. The lowest BCUT2D eigenvalue weighted by Crippen LogP contribution is -2.21. The zero-order valence-electron chi connectivity index (χ0n) is 8.70. The van der Waals surface area contributed by atoms with Crippen LogP contribution in [0.4, 0.5) is 17.6 Å². The molecule has 0 amide bonds. The Morgan fingerprint density at radius 1 is 0.706 bits per heavy atom. The van der Waals surface area contributed by atoms with Crippen LogP contribution >= 0.6 is 0 Å². The molecule has 1 heterocycles. The summed E-state index contributed by atoms with van der Waals surface area (Å²) in [7, 11) is 0. The largest absolute Gasteiger partial charge is 0.317 e. The van der Waals surface area contributed by atoms with Crippen molar-refractivity contribution in [1.29, 1.82) is 0 Å². The Hall–Kier alpha value is -1.10. The Kier molecular flexibility index (Phi) is 7.54. The molecule has 0 bridgehead atoms. The van der Waals surface area contributed by atoms with Crippen LogP contribution in [0.1, 0.15) is 26.7 Å². The van der Waals surface area contributed by atoms with E-state index in [-0.39, 0.29) is 19.6 Å². The fraction of sp³-hybridized carbons (Fsp3) is 0.500. The molecular weight excluding hydrogens is 234 g/mol. The maximum atomic E-state index is 12.0. The molecular formula is C12H17F4N. The van der Waals surface area contributed by atoms with Crippen molar-refractivity contribution in [1.82, 2.24) is 5.32 Å². The molecule has 1 fully saturated rings. The van der Waals surface area contributed by atoms with Crippen LogP contribution in [-0.4, -0.2) is 13.1 Å². The van der Waals surface area contributed by atoms with Gasteiger partial charge in [-0.25, -0.2) is 17.6 Å². The lowest BCUT2D eigenvalue weighted by atomic mass is 10.2. The number of benzene rings is 1. The third-order valence-corrected chi connectivity index (χ3v) is 2.17. The molecule has 1 aromatic carbocycles. The number of hydrogen-bond donors (Lipinski definition) is 1. The summed E-state index contributed by atoms with van der Waals surface area (Å²) in [5.41, 5.74) is 0. The SMILES string of the molecule is C.C1CCNCC1.Fc1cc(F)c(F)cc1F. The van der Waals surface area contributed by atoms with Gasteiger partial charge in [0.15, 0.2) is 23.3 Å². The van der Waals surface area contributed by atoms with Crippen molar-refractivity contribution in [3.8, 4) is 0 Å². The summed E-state index contributed by atoms with van der Waals surface area (Å²) in [4.78, 5) is 0. The van der Waals surface area contributed by atoms with Crippen LogP contribution in [0.15, 0.2) is 12.1 Å². The first-order valence-corrected chi connectivity index (χ1v) is 5.12. The van der Waals surface area contributed by atoms with Crippen LogP contribution in [-0.2, 0) is 0 Å². The van der Waals surface area contributed by atoms with Crippen molar-refractivity contribution < 1.29 is 17.6 Å². The van der Waals surface area contributed by atoms with Gasteiger partial charge in [-0.15, -0.1) is 0 Å². The molecule has 1 nitrogen and oxygen atoms in total. The van der Waals surface area contributed by atoms with Gasteiger partial charge < -0.3 is 5.32 Å². The van der Waals surface area contributed by atoms with Crippen molar-refractivity contribution in [3.63, 3.8) is 0 Å². The van der Waals surface area contributed by atoms with Gasteiger partial charge in [-0.3, -0.25) is 0 Å². The van der Waals surface area contributed by atoms with Crippen molar-refractivity contribution in [3.05, 3.63) is 35.4 Å². The first-order chi connectivity index (χ1) is 7.61. The minimum atomic E-state index is -1.39. The highest BCUT2D eigenvalue weighted by atomic mass is 19.2. The van der Waals surface area contributed by atoms with E-state index in [4.69, 9.17) is 0 Å². The summed E-state index contributed by atoms with van der Waals surface area (Å²) < 4.78 is 47.9. The van der Waals surface area contributed by atoms with Gasteiger partial charge in [0.1, 0.15) is 0 Å². The van der Waals surface area contributed by atoms with E-state index in [0.717, 1.165) is 0 Å². The predicted octanol–water partition coefficient (Wildman–Crippen LogP) is 3.64. The molecule has 1 N–H and O–H groups in total. The highest BCUT2D eigenvalue weighted by molar-refractivity contribution is 5.10. The summed E-state index contributed by atoms with van der Waals surface area (Å²) >= 11 is 0. The molecule has 17 heavy (non-hydrogen) atoms. The molecule has 1 aliphatic rings. The van der Waals surface area contributed by atoms with E-state index >= 15 is 0 Å². The molecule has 1 saturated heterocycles. The molecule has 0 aliphatic carbocycles. The summed E-state index contributed by atoms with van der Waals surface area (Å²) in [6.07, 6.45) is 4.22. The van der Waals surface area contributed by atoms with E-state index in [2.05, 4.69) is 5.32 Å². The Morgan fingerprint density at radius 3 is 1.24 bits per heavy atom. The average Bonchev–Trinajstić information content (AvgIpc) is 2.30. The summed E-state index contributed by atoms with van der Waals surface area (Å²) in [6, 6.07) is 0.315. The Balaban J connectivity index is 0.000000316. The summed E-state index contributed by atoms with van der Waals surface area (Å²) in [5, 5.41) is 3.28. The lowest BCUT2D eigenvalue weighted by molar-refractivity contribution is 0.454. The number of nitrogens with one attached hydrogen (secondary N) is 1. The van der Waals surface area contributed by atoms with Crippen LogP contribution in [0, 0.1) is 23.3 Å². The van der Waals surface area contributed by atoms with Gasteiger partial charge in [-0.2, -0.15) is 0 Å². The molecule has 1 aliphatic heterocycles. The van der Waals surface area contributed by atoms with Crippen LogP contribution in [0.5, 0.6) is 0 Å². The Labute approximate surface area is 98.8 Å². The molecule has 0 unspecified atom stereocenters. The average molecular weight is 251 g/mol. The van der Waals surface area contributed by atoms with Gasteiger partial charge in [0.2, 0.25) is 0 Å². The number of rotatable bonds is 0. The molecule has 98 valence electrons. The van der Waals surface area contributed by atoms with E-state index in [1.807, 2.05) is 0 Å². The van der Waals surface area contributed by atoms with Crippen molar-refractivity contribution in [2.75, 3.05) is 13.1 Å². The standard InChI is InChI=1S/C6H2F4.C5H11N.CH4/c7-3-1-4(8)6(10)2-5(3)9;1-2-4-6-5-3-1;/h1-2H;6H,1-5H2;1H4. The second kappa shape index (κ2) is 8.06. The van der Waals surface area contributed by atoms with Gasteiger partial charge in [-0.05, 0) is 25.9 Å². The quantitative estimate of drug-likeness (QED) is 0.548. The molecule has 0 saturated carbocycles. The third-order valence-electron chi connectivity index (χ3n) is 2.17. The zero-order chi connectivity index (χ0) is 12.0. The van der Waals surface area contributed by atoms with E-state index < -0.39 is 23.3 Å². The first-order valence-electron chi connectivity index (χ1n) is 5.12. The highest BCUT2D eigenvalue weighted by Crippen LogP contribution is 2.11. The third kappa shape index (κ3) is 5.68. The normalized spacial score (nSPS) is 14.4. The number of halogens is 4. The molecule has 0 atom stereocenters. The fourth-order valence-corrected chi connectivity index (χ4v) is 1.30. The molecule has 2 rings (SSSR count). The molecule has 0 spiro atoms. The van der Waals surface area contributed by atoms with Gasteiger partial charge in [0.25, 0.3) is 0 Å². The van der Waals surface area contributed by atoms with Crippen molar-refractivity contribution >= 4 is 0 Å². The summed E-state index contributed by atoms with van der Waals surface area (Å²) in [5.74, 6) is -5.56. The predicted molar refractivity (Wildman–Crippen MR) is 59.7 cm³/mol. The maximum Gasteiger partial charge on any atom is 0.161 e. The van der Waals surface area contributed by atoms with E-state index in [1.165, 1.54) is 32.4 Å². The molecule has 0 aromatic heterocycles. The molecule has 0 radical (unpaired) electrons. The molecule has 5 heteroatoms. The van der Waals surface area contributed by atoms with Crippen molar-refractivity contribution in [2.45, 2.75) is 26.7 Å². The highest BCUT2D eigenvalue weighted by Gasteiger charge is 2.07. The van der Waals surface area contributed by atoms with E-state index in [0.29, 0.717) is 0 Å². The fourth-order valence-electron chi connectivity index (χ4n) is 1.30. The Morgan fingerprint density at radius 2 is 1.06 bits per heavy atom. The number of piperidine rings is 1. The molecule has 1 aromatic rings. The van der Waals surface area contributed by atoms with Gasteiger partial charge in [0.05, 0.1) is 0 Å². The van der Waals surface area contributed by atoms with Gasteiger partial charge in [0, 0.05) is 12.1 Å². The second-order valence-corrected chi connectivity index (χ2v) is 3.49. The van der Waals surface area contributed by atoms with Gasteiger partial charge >= 0.3 is 0 Å². The first kappa shape index (κ1) is 15.9. The monoisotopic (exact) mass is 251 g/mol. The van der Waals surface area contributed by atoms with Crippen LogP contribution in [0.3, 0.4) is 0 Å². The summed E-state index contributed by atoms with van der Waals surface area (Å²) in [6.45, 7) is 2.50. The minimum absolute atomic E-state index is 0.